The van der Waals surface area contributed by atoms with Crippen molar-refractivity contribution in [2.45, 2.75) is 25.6 Å². The number of halogens is 3. The van der Waals surface area contributed by atoms with E-state index in [4.69, 9.17) is 33.0 Å². The highest BCUT2D eigenvalue weighted by atomic mass is 79.9. The molecule has 0 N–H and O–H groups in total. The molecule has 0 saturated heterocycles. The molecular weight excluding hydrogens is 499 g/mol. The largest absolute Gasteiger partial charge is 0.459 e. The van der Waals surface area contributed by atoms with E-state index in [-0.39, 0.29) is 11.8 Å². The van der Waals surface area contributed by atoms with Gasteiger partial charge in [-0.2, -0.15) is 5.10 Å². The summed E-state index contributed by atoms with van der Waals surface area (Å²) >= 11 is 16.2. The first-order chi connectivity index (χ1) is 14.9. The second-order valence-electron chi connectivity index (χ2n) is 7.66. The fraction of sp³-hybridized carbons (Fsp3) is 0.167. The Morgan fingerprint density at radius 2 is 1.81 bits per heavy atom. The molecule has 156 valence electrons. The lowest BCUT2D eigenvalue weighted by Gasteiger charge is -2.37. The highest BCUT2D eigenvalue weighted by Gasteiger charge is 2.44. The molecule has 0 radical (unpaired) electrons. The van der Waals surface area contributed by atoms with Gasteiger partial charge in [-0.1, -0.05) is 81.1 Å². The molecule has 4 nitrogen and oxygen atoms in total. The van der Waals surface area contributed by atoms with Crippen molar-refractivity contribution < 1.29 is 9.53 Å². The van der Waals surface area contributed by atoms with Crippen molar-refractivity contribution in [3.8, 4) is 5.75 Å². The predicted octanol–water partition coefficient (Wildman–Crippen LogP) is 6.82. The Labute approximate surface area is 198 Å². The number of fused-ring (bicyclic) bond motifs is 3. The minimum Gasteiger partial charge on any atom is -0.459 e. The van der Waals surface area contributed by atoms with Gasteiger partial charge in [-0.25, -0.2) is 5.01 Å². The van der Waals surface area contributed by atoms with Crippen LogP contribution in [0.15, 0.2) is 70.2 Å². The third kappa shape index (κ3) is 3.75. The Balaban J connectivity index is 1.59. The van der Waals surface area contributed by atoms with E-state index in [1.807, 2.05) is 61.5 Å². The molecule has 0 saturated carbocycles. The molecular formula is C24H17BrCl2N2O2. The van der Waals surface area contributed by atoms with Gasteiger partial charge in [0.05, 0.1) is 16.8 Å². The van der Waals surface area contributed by atoms with E-state index in [1.54, 1.807) is 11.1 Å². The van der Waals surface area contributed by atoms with Crippen molar-refractivity contribution in [2.75, 3.05) is 0 Å². The summed E-state index contributed by atoms with van der Waals surface area (Å²) in [6.07, 6.45) is -0.293. The van der Waals surface area contributed by atoms with Gasteiger partial charge in [-0.3, -0.25) is 4.79 Å². The zero-order valence-electron chi connectivity index (χ0n) is 16.5. The summed E-state index contributed by atoms with van der Waals surface area (Å²) in [4.78, 5) is 13.4. The van der Waals surface area contributed by atoms with Crippen LogP contribution in [0.5, 0.6) is 5.75 Å². The maximum Gasteiger partial charge on any atom is 0.251 e. The fourth-order valence-electron chi connectivity index (χ4n) is 3.96. The minimum absolute atomic E-state index is 0.164. The lowest BCUT2D eigenvalue weighted by atomic mass is 9.95. The molecule has 0 aliphatic carbocycles. The summed E-state index contributed by atoms with van der Waals surface area (Å²) in [5.41, 5.74) is 4.36. The van der Waals surface area contributed by atoms with Crippen molar-refractivity contribution in [3.63, 3.8) is 0 Å². The Morgan fingerprint density at radius 1 is 1.10 bits per heavy atom. The quantitative estimate of drug-likeness (QED) is 0.359. The van der Waals surface area contributed by atoms with E-state index in [2.05, 4.69) is 15.9 Å². The first-order valence-electron chi connectivity index (χ1n) is 9.79. The summed E-state index contributed by atoms with van der Waals surface area (Å²) in [6.45, 7) is 1.98. The Morgan fingerprint density at radius 3 is 2.52 bits per heavy atom. The average Bonchev–Trinajstić information content (AvgIpc) is 3.19. The number of ether oxygens (including phenoxy) is 1. The van der Waals surface area contributed by atoms with Crippen LogP contribution in [-0.4, -0.2) is 22.7 Å². The number of Topliss-reactive ketones (excluding diaryl/α,β-unsaturated/α-hetero) is 1. The van der Waals surface area contributed by atoms with E-state index < -0.39 is 6.23 Å². The van der Waals surface area contributed by atoms with Gasteiger partial charge in [0.1, 0.15) is 5.75 Å². The van der Waals surface area contributed by atoms with Crippen LogP contribution in [0.1, 0.15) is 39.5 Å². The maximum atomic E-state index is 13.4. The van der Waals surface area contributed by atoms with Crippen molar-refractivity contribution in [2.24, 2.45) is 5.10 Å². The van der Waals surface area contributed by atoms with Crippen molar-refractivity contribution in [3.05, 3.63) is 97.4 Å². The molecule has 2 atom stereocenters. The molecule has 0 unspecified atom stereocenters. The SMILES string of the molecule is Cc1ccc(C(=O)[C@H]2Oc3c(Cl)cc(Cl)cc3[C@H]3CC(c4ccc(Br)cc4)=NN23)cc1. The number of benzene rings is 3. The molecule has 31 heavy (non-hydrogen) atoms. The lowest BCUT2D eigenvalue weighted by molar-refractivity contribution is -0.00447. The molecule has 0 aromatic heterocycles. The van der Waals surface area contributed by atoms with Crippen LogP contribution in [0.3, 0.4) is 0 Å². The molecule has 0 bridgehead atoms. The molecule has 2 aliphatic rings. The minimum atomic E-state index is -0.910. The second kappa shape index (κ2) is 7.97. The summed E-state index contributed by atoms with van der Waals surface area (Å²) in [5, 5.41) is 7.47. The average molecular weight is 516 g/mol. The van der Waals surface area contributed by atoms with Gasteiger partial charge in [0.2, 0.25) is 5.78 Å². The smallest absolute Gasteiger partial charge is 0.251 e. The summed E-state index contributed by atoms with van der Waals surface area (Å²) < 4.78 is 7.15. The van der Waals surface area contributed by atoms with Gasteiger partial charge < -0.3 is 4.74 Å². The number of hydrogen-bond donors (Lipinski definition) is 0. The van der Waals surface area contributed by atoms with Crippen LogP contribution in [0.4, 0.5) is 0 Å². The van der Waals surface area contributed by atoms with Crippen LogP contribution < -0.4 is 4.74 Å². The monoisotopic (exact) mass is 514 g/mol. The molecule has 3 aromatic rings. The molecule has 2 aliphatic heterocycles. The van der Waals surface area contributed by atoms with Crippen molar-refractivity contribution >= 4 is 50.6 Å². The first kappa shape index (κ1) is 20.6. The maximum absolute atomic E-state index is 13.4. The standard InChI is InChI=1S/C24H17BrCl2N2O2/c1-13-2-4-15(5-3-13)22(30)24-29-21(18-10-17(26)11-19(27)23(18)31-24)12-20(28-29)14-6-8-16(25)9-7-14/h2-11,21,24H,12H2,1H3/t21-,24-/m1/s1. The molecule has 0 amide bonds. The first-order valence-corrected chi connectivity index (χ1v) is 11.3. The topological polar surface area (TPSA) is 41.9 Å². The number of hydrogen-bond acceptors (Lipinski definition) is 4. The fourth-order valence-corrected chi connectivity index (χ4v) is 4.78. The van der Waals surface area contributed by atoms with Gasteiger partial charge in [-0.05, 0) is 36.8 Å². The van der Waals surface area contributed by atoms with Crippen LogP contribution in [0.2, 0.25) is 10.0 Å². The van der Waals surface area contributed by atoms with E-state index in [0.717, 1.165) is 26.9 Å². The van der Waals surface area contributed by atoms with Gasteiger partial charge in [0.25, 0.3) is 6.23 Å². The number of hydrazone groups is 1. The van der Waals surface area contributed by atoms with E-state index >= 15 is 0 Å². The number of aryl methyl sites for hydroxylation is 1. The number of ketones is 1. The summed E-state index contributed by atoms with van der Waals surface area (Å²) in [6, 6.07) is 18.7. The summed E-state index contributed by atoms with van der Waals surface area (Å²) in [5.74, 6) is 0.326. The molecule has 2 heterocycles. The lowest BCUT2D eigenvalue weighted by Crippen LogP contribution is -2.46. The zero-order chi connectivity index (χ0) is 21.7. The van der Waals surface area contributed by atoms with Gasteiger partial charge in [0, 0.05) is 27.0 Å². The highest BCUT2D eigenvalue weighted by molar-refractivity contribution is 9.10. The number of carbonyl (C=O) groups excluding carboxylic acids is 1. The third-order valence-electron chi connectivity index (χ3n) is 5.55. The summed E-state index contributed by atoms with van der Waals surface area (Å²) in [7, 11) is 0. The number of nitrogens with zero attached hydrogens (tertiary/aromatic N) is 2. The van der Waals surface area contributed by atoms with E-state index in [0.29, 0.717) is 27.8 Å². The Hall–Kier alpha value is -2.34. The molecule has 0 fully saturated rings. The van der Waals surface area contributed by atoms with Crippen molar-refractivity contribution in [1.82, 2.24) is 5.01 Å². The van der Waals surface area contributed by atoms with Crippen LogP contribution >= 0.6 is 39.1 Å². The zero-order valence-corrected chi connectivity index (χ0v) is 19.6. The van der Waals surface area contributed by atoms with Gasteiger partial charge in [0.15, 0.2) is 0 Å². The third-order valence-corrected chi connectivity index (χ3v) is 6.57. The highest BCUT2D eigenvalue weighted by Crippen LogP contribution is 2.47. The van der Waals surface area contributed by atoms with Gasteiger partial charge in [-0.15, -0.1) is 0 Å². The van der Waals surface area contributed by atoms with Crippen molar-refractivity contribution in [1.29, 1.82) is 0 Å². The molecule has 0 spiro atoms. The van der Waals surface area contributed by atoms with E-state index in [9.17, 15) is 4.79 Å². The van der Waals surface area contributed by atoms with Gasteiger partial charge >= 0.3 is 0 Å². The molecule has 5 rings (SSSR count). The molecule has 3 aromatic carbocycles. The Bertz CT molecular complexity index is 1210. The van der Waals surface area contributed by atoms with Crippen LogP contribution in [0, 0.1) is 6.92 Å². The molecule has 7 heteroatoms. The van der Waals surface area contributed by atoms with Crippen LogP contribution in [0.25, 0.3) is 0 Å². The van der Waals surface area contributed by atoms with E-state index in [1.165, 1.54) is 0 Å². The second-order valence-corrected chi connectivity index (χ2v) is 9.42. The number of rotatable bonds is 3. The van der Waals surface area contributed by atoms with Crippen LogP contribution in [-0.2, 0) is 0 Å². The predicted molar refractivity (Wildman–Crippen MR) is 126 cm³/mol. The normalized spacial score (nSPS) is 19.4. The number of carbonyl (C=O) groups is 1. The Kier molecular flexibility index (Phi) is 5.29.